The Labute approximate surface area is 104 Å². The van der Waals surface area contributed by atoms with Crippen molar-refractivity contribution < 1.29 is 19.2 Å². The summed E-state index contributed by atoms with van der Waals surface area (Å²) in [5.74, 6) is -1.49. The third-order valence-electron chi connectivity index (χ3n) is 2.45. The summed E-state index contributed by atoms with van der Waals surface area (Å²) in [5.41, 5.74) is 0.586. The van der Waals surface area contributed by atoms with Gasteiger partial charge in [-0.15, -0.1) is 0 Å². The molecule has 6 heteroatoms. The van der Waals surface area contributed by atoms with Gasteiger partial charge >= 0.3 is 5.97 Å². The van der Waals surface area contributed by atoms with Crippen LogP contribution in [0.2, 0.25) is 0 Å². The minimum absolute atomic E-state index is 0.0265. The lowest BCUT2D eigenvalue weighted by Gasteiger charge is -2.02. The van der Waals surface area contributed by atoms with Crippen LogP contribution in [-0.4, -0.2) is 23.8 Å². The van der Waals surface area contributed by atoms with Crippen molar-refractivity contribution in [2.24, 2.45) is 0 Å². The molecule has 18 heavy (non-hydrogen) atoms. The van der Waals surface area contributed by atoms with Crippen LogP contribution in [0.5, 0.6) is 0 Å². The van der Waals surface area contributed by atoms with Gasteiger partial charge in [-0.3, -0.25) is 14.9 Å². The van der Waals surface area contributed by atoms with E-state index in [9.17, 15) is 19.7 Å². The third kappa shape index (κ3) is 3.65. The zero-order valence-corrected chi connectivity index (χ0v) is 9.92. The molecule has 1 aromatic rings. The van der Waals surface area contributed by atoms with Crippen molar-refractivity contribution >= 4 is 17.4 Å². The molecule has 0 aliphatic carbocycles. The van der Waals surface area contributed by atoms with Gasteiger partial charge in [-0.2, -0.15) is 0 Å². The topological polar surface area (TPSA) is 86.5 Å². The van der Waals surface area contributed by atoms with E-state index in [0.717, 1.165) is 7.11 Å². The van der Waals surface area contributed by atoms with E-state index in [1.54, 1.807) is 18.2 Å². The van der Waals surface area contributed by atoms with Crippen LogP contribution in [0.1, 0.15) is 18.4 Å². The van der Waals surface area contributed by atoms with Crippen LogP contribution in [0.4, 0.5) is 5.69 Å². The fourth-order valence-electron chi connectivity index (χ4n) is 1.56. The second-order valence-electron chi connectivity index (χ2n) is 3.65. The quantitative estimate of drug-likeness (QED) is 0.332. The third-order valence-corrected chi connectivity index (χ3v) is 2.45. The highest BCUT2D eigenvalue weighted by Gasteiger charge is 2.15. The molecular formula is C12H13NO5. The van der Waals surface area contributed by atoms with Gasteiger partial charge in [0.05, 0.1) is 12.0 Å². The van der Waals surface area contributed by atoms with E-state index in [0.29, 0.717) is 18.4 Å². The summed E-state index contributed by atoms with van der Waals surface area (Å²) >= 11 is 0. The molecular weight excluding hydrogens is 238 g/mol. The van der Waals surface area contributed by atoms with E-state index < -0.39 is 16.7 Å². The zero-order valence-electron chi connectivity index (χ0n) is 9.92. The van der Waals surface area contributed by atoms with Gasteiger partial charge in [-0.05, 0) is 12.8 Å². The molecule has 0 radical (unpaired) electrons. The smallest absolute Gasteiger partial charge is 0.374 e. The van der Waals surface area contributed by atoms with Crippen molar-refractivity contribution in [3.63, 3.8) is 0 Å². The number of para-hydroxylation sites is 1. The van der Waals surface area contributed by atoms with Gasteiger partial charge in [-0.25, -0.2) is 4.79 Å². The van der Waals surface area contributed by atoms with Crippen LogP contribution >= 0.6 is 0 Å². The summed E-state index contributed by atoms with van der Waals surface area (Å²) in [4.78, 5) is 32.3. The number of esters is 1. The molecule has 0 aliphatic heterocycles. The molecule has 0 spiro atoms. The molecule has 96 valence electrons. The minimum Gasteiger partial charge on any atom is -0.463 e. The molecule has 1 rings (SSSR count). The molecule has 1 aromatic carbocycles. The summed E-state index contributed by atoms with van der Waals surface area (Å²) in [6.45, 7) is 0. The highest BCUT2D eigenvalue weighted by Crippen LogP contribution is 2.19. The largest absolute Gasteiger partial charge is 0.463 e. The Kier molecular flexibility index (Phi) is 4.98. The lowest BCUT2D eigenvalue weighted by atomic mass is 10.0. The normalized spacial score (nSPS) is 9.83. The summed E-state index contributed by atoms with van der Waals surface area (Å²) < 4.78 is 4.28. The maximum absolute atomic E-state index is 11.2. The maximum atomic E-state index is 11.2. The van der Waals surface area contributed by atoms with Gasteiger partial charge in [0.15, 0.2) is 0 Å². The second kappa shape index (κ2) is 6.48. The highest BCUT2D eigenvalue weighted by atomic mass is 16.6. The van der Waals surface area contributed by atoms with E-state index in [2.05, 4.69) is 4.74 Å². The number of rotatable bonds is 6. The van der Waals surface area contributed by atoms with Crippen LogP contribution in [0.15, 0.2) is 24.3 Å². The summed E-state index contributed by atoms with van der Waals surface area (Å²) in [6.07, 6.45) is 0.775. The number of aryl methyl sites for hydroxylation is 1. The molecule has 0 saturated heterocycles. The van der Waals surface area contributed by atoms with Gasteiger partial charge in [0.1, 0.15) is 0 Å². The van der Waals surface area contributed by atoms with E-state index >= 15 is 0 Å². The standard InChI is InChI=1S/C12H13NO5/c1-18-12(15)11(14)8-4-6-9-5-2-3-7-10(9)13(16)17/h2-3,5,7H,4,6,8H2,1H3. The fourth-order valence-corrected chi connectivity index (χ4v) is 1.56. The number of nitro groups is 1. The fraction of sp³-hybridized carbons (Fsp3) is 0.333. The molecule has 0 fully saturated rings. The highest BCUT2D eigenvalue weighted by molar-refractivity contribution is 6.33. The van der Waals surface area contributed by atoms with Crippen molar-refractivity contribution in [2.45, 2.75) is 19.3 Å². The van der Waals surface area contributed by atoms with Gasteiger partial charge in [0, 0.05) is 18.1 Å². The van der Waals surface area contributed by atoms with Gasteiger partial charge in [0.25, 0.3) is 5.69 Å². The lowest BCUT2D eigenvalue weighted by Crippen LogP contribution is -2.15. The Balaban J connectivity index is 2.57. The molecule has 0 aromatic heterocycles. The van der Waals surface area contributed by atoms with Crippen molar-refractivity contribution in [3.8, 4) is 0 Å². The van der Waals surface area contributed by atoms with Gasteiger partial charge in [0.2, 0.25) is 5.78 Å². The Bertz CT molecular complexity index is 469. The van der Waals surface area contributed by atoms with E-state index in [1.165, 1.54) is 6.07 Å². The lowest BCUT2D eigenvalue weighted by molar-refractivity contribution is -0.385. The molecule has 0 unspecified atom stereocenters. The SMILES string of the molecule is COC(=O)C(=O)CCCc1ccccc1[N+](=O)[O-]. The number of ketones is 1. The number of nitro benzene ring substituents is 1. The first-order chi connectivity index (χ1) is 8.56. The summed E-state index contributed by atoms with van der Waals surface area (Å²) in [6, 6.07) is 6.34. The molecule has 0 atom stereocenters. The number of hydrogen-bond donors (Lipinski definition) is 0. The van der Waals surface area contributed by atoms with Crippen molar-refractivity contribution in [1.29, 1.82) is 0 Å². The summed E-state index contributed by atoms with van der Waals surface area (Å²) in [5, 5.41) is 10.7. The van der Waals surface area contributed by atoms with Crippen molar-refractivity contribution in [2.75, 3.05) is 7.11 Å². The molecule has 0 amide bonds. The minimum atomic E-state index is -0.877. The Hall–Kier alpha value is -2.24. The average Bonchev–Trinajstić information content (AvgIpc) is 2.38. The number of benzene rings is 1. The van der Waals surface area contributed by atoms with Crippen molar-refractivity contribution in [1.82, 2.24) is 0 Å². The Morgan fingerprint density at radius 1 is 1.33 bits per heavy atom. The number of nitrogens with zero attached hydrogens (tertiary/aromatic N) is 1. The second-order valence-corrected chi connectivity index (χ2v) is 3.65. The monoisotopic (exact) mass is 251 g/mol. The van der Waals surface area contributed by atoms with Crippen LogP contribution < -0.4 is 0 Å². The molecule has 0 aliphatic rings. The number of hydrogen-bond acceptors (Lipinski definition) is 5. The Morgan fingerprint density at radius 3 is 2.61 bits per heavy atom. The molecule has 6 nitrogen and oxygen atoms in total. The number of carbonyl (C=O) groups is 2. The molecule has 0 N–H and O–H groups in total. The first kappa shape index (κ1) is 13.8. The van der Waals surface area contributed by atoms with Crippen molar-refractivity contribution in [3.05, 3.63) is 39.9 Å². The first-order valence-electron chi connectivity index (χ1n) is 5.39. The predicted molar refractivity (Wildman–Crippen MR) is 63.1 cm³/mol. The van der Waals surface area contributed by atoms with E-state index in [1.807, 2.05) is 0 Å². The number of ether oxygens (including phenoxy) is 1. The van der Waals surface area contributed by atoms with Crippen LogP contribution in [0, 0.1) is 10.1 Å². The first-order valence-corrected chi connectivity index (χ1v) is 5.39. The average molecular weight is 251 g/mol. The van der Waals surface area contributed by atoms with Gasteiger partial charge < -0.3 is 4.74 Å². The van der Waals surface area contributed by atoms with E-state index in [-0.39, 0.29) is 12.1 Å². The zero-order chi connectivity index (χ0) is 13.5. The Morgan fingerprint density at radius 2 is 2.00 bits per heavy atom. The molecule has 0 bridgehead atoms. The van der Waals surface area contributed by atoms with Gasteiger partial charge in [-0.1, -0.05) is 18.2 Å². The number of Topliss-reactive ketones (excluding diaryl/α,β-unsaturated/α-hetero) is 1. The maximum Gasteiger partial charge on any atom is 0.374 e. The molecule has 0 heterocycles. The predicted octanol–water partition coefficient (Wildman–Crippen LogP) is 1.66. The van der Waals surface area contributed by atoms with Crippen LogP contribution in [-0.2, 0) is 20.7 Å². The van der Waals surface area contributed by atoms with E-state index in [4.69, 9.17) is 0 Å². The van der Waals surface area contributed by atoms with Crippen LogP contribution in [0.25, 0.3) is 0 Å². The summed E-state index contributed by atoms with van der Waals surface area (Å²) in [7, 11) is 1.14. The number of methoxy groups -OCH3 is 1. The van der Waals surface area contributed by atoms with Crippen LogP contribution in [0.3, 0.4) is 0 Å². The number of carbonyl (C=O) groups excluding carboxylic acids is 2. The molecule has 0 saturated carbocycles.